The minimum Gasteiger partial charge on any atom is -0.377 e. The first-order valence-electron chi connectivity index (χ1n) is 7.51. The zero-order chi connectivity index (χ0) is 16.4. The van der Waals surface area contributed by atoms with Crippen molar-refractivity contribution in [1.29, 1.82) is 0 Å². The molecule has 0 aliphatic carbocycles. The number of nitrogens with zero attached hydrogens (tertiary/aromatic N) is 3. The molecule has 0 bridgehead atoms. The fourth-order valence-corrected chi connectivity index (χ4v) is 3.55. The molecule has 0 radical (unpaired) electrons. The lowest BCUT2D eigenvalue weighted by atomic mass is 10.1. The molecule has 0 saturated heterocycles. The van der Waals surface area contributed by atoms with Gasteiger partial charge < -0.3 is 10.6 Å². The lowest BCUT2D eigenvalue weighted by molar-refractivity contribution is 0.837. The van der Waals surface area contributed by atoms with Gasteiger partial charge in [-0.2, -0.15) is 0 Å². The number of thiazole rings is 1. The molecule has 0 aliphatic rings. The topological polar surface area (TPSA) is 55.0 Å². The molecule has 2 N–H and O–H groups in total. The molecule has 1 aromatic carbocycles. The van der Waals surface area contributed by atoms with E-state index in [1.807, 2.05) is 45.3 Å². The third-order valence-corrected chi connectivity index (χ3v) is 4.94. The summed E-state index contributed by atoms with van der Waals surface area (Å²) in [6.45, 7) is 2.01. The molecule has 3 rings (SSSR count). The van der Waals surface area contributed by atoms with Gasteiger partial charge in [0.15, 0.2) is 0 Å². The fraction of sp³-hybridized carbons (Fsp3) is 0.222. The Morgan fingerprint density at radius 3 is 2.43 bits per heavy atom. The fourth-order valence-electron chi connectivity index (χ4n) is 2.52. The van der Waals surface area contributed by atoms with Crippen LogP contribution in [0.2, 0.25) is 0 Å². The van der Waals surface area contributed by atoms with Crippen LogP contribution in [-0.4, -0.2) is 24.1 Å². The molecule has 0 fully saturated rings. The third kappa shape index (κ3) is 3.11. The maximum absolute atomic E-state index is 6.21. The number of rotatable bonds is 4. The van der Waals surface area contributed by atoms with Gasteiger partial charge in [-0.3, -0.25) is 4.98 Å². The predicted molar refractivity (Wildman–Crippen MR) is 97.7 cm³/mol. The highest BCUT2D eigenvalue weighted by Gasteiger charge is 2.19. The van der Waals surface area contributed by atoms with Gasteiger partial charge in [-0.15, -0.1) is 11.3 Å². The van der Waals surface area contributed by atoms with Crippen LogP contribution < -0.4 is 10.6 Å². The second-order valence-corrected chi connectivity index (χ2v) is 6.70. The van der Waals surface area contributed by atoms with Gasteiger partial charge in [-0.1, -0.05) is 18.2 Å². The maximum Gasteiger partial charge on any atom is 0.124 e. The van der Waals surface area contributed by atoms with Crippen molar-refractivity contribution in [3.05, 3.63) is 53.7 Å². The van der Waals surface area contributed by atoms with Crippen molar-refractivity contribution in [2.75, 3.05) is 19.0 Å². The van der Waals surface area contributed by atoms with Crippen molar-refractivity contribution in [3.63, 3.8) is 0 Å². The molecule has 3 aromatic rings. The summed E-state index contributed by atoms with van der Waals surface area (Å²) in [6.07, 6.45) is 3.57. The summed E-state index contributed by atoms with van der Waals surface area (Å²) in [4.78, 5) is 12.2. The zero-order valence-corrected chi connectivity index (χ0v) is 14.3. The van der Waals surface area contributed by atoms with E-state index >= 15 is 0 Å². The van der Waals surface area contributed by atoms with E-state index in [0.717, 1.165) is 32.4 Å². The smallest absolute Gasteiger partial charge is 0.124 e. The van der Waals surface area contributed by atoms with Gasteiger partial charge in [-0.25, -0.2) is 4.98 Å². The molecular formula is C18H20N4S. The second-order valence-electron chi connectivity index (χ2n) is 5.67. The van der Waals surface area contributed by atoms with Crippen molar-refractivity contribution in [3.8, 4) is 21.8 Å². The number of para-hydroxylation sites is 1. The molecule has 0 amide bonds. The largest absolute Gasteiger partial charge is 0.377 e. The molecule has 23 heavy (non-hydrogen) atoms. The van der Waals surface area contributed by atoms with Gasteiger partial charge in [0.1, 0.15) is 5.01 Å². The monoisotopic (exact) mass is 324 g/mol. The standard InChI is InChI=1S/C18H20N4S/c1-12(19)17-16(14-6-4-5-7-15(14)22(2)3)21-18(23-17)13-8-10-20-11-9-13/h4-12H,19H2,1-3H3. The summed E-state index contributed by atoms with van der Waals surface area (Å²) >= 11 is 1.65. The normalized spacial score (nSPS) is 12.2. The summed E-state index contributed by atoms with van der Waals surface area (Å²) < 4.78 is 0. The lowest BCUT2D eigenvalue weighted by Gasteiger charge is -2.17. The Hall–Kier alpha value is -2.24. The van der Waals surface area contributed by atoms with Crippen molar-refractivity contribution < 1.29 is 0 Å². The van der Waals surface area contributed by atoms with E-state index in [2.05, 4.69) is 22.0 Å². The van der Waals surface area contributed by atoms with Crippen LogP contribution in [0.25, 0.3) is 21.8 Å². The molecule has 0 aliphatic heterocycles. The molecule has 2 heterocycles. The minimum atomic E-state index is -0.0618. The first kappa shape index (κ1) is 15.6. The van der Waals surface area contributed by atoms with E-state index in [4.69, 9.17) is 10.7 Å². The number of hydrogen-bond acceptors (Lipinski definition) is 5. The van der Waals surface area contributed by atoms with Crippen LogP contribution in [0.5, 0.6) is 0 Å². The number of pyridine rings is 1. The predicted octanol–water partition coefficient (Wildman–Crippen LogP) is 3.96. The Morgan fingerprint density at radius 1 is 1.09 bits per heavy atom. The van der Waals surface area contributed by atoms with E-state index in [1.165, 1.54) is 0 Å². The number of benzene rings is 1. The van der Waals surface area contributed by atoms with Crippen LogP contribution >= 0.6 is 11.3 Å². The van der Waals surface area contributed by atoms with E-state index < -0.39 is 0 Å². The number of nitrogens with two attached hydrogens (primary N) is 1. The highest BCUT2D eigenvalue weighted by atomic mass is 32.1. The van der Waals surface area contributed by atoms with Crippen molar-refractivity contribution in [1.82, 2.24) is 9.97 Å². The zero-order valence-electron chi connectivity index (χ0n) is 13.5. The lowest BCUT2D eigenvalue weighted by Crippen LogP contribution is -2.11. The third-order valence-electron chi connectivity index (χ3n) is 3.64. The van der Waals surface area contributed by atoms with Crippen LogP contribution in [0, 0.1) is 0 Å². The van der Waals surface area contributed by atoms with Crippen LogP contribution in [0.3, 0.4) is 0 Å². The van der Waals surface area contributed by atoms with E-state index in [0.29, 0.717) is 0 Å². The van der Waals surface area contributed by atoms with Crippen LogP contribution in [0.15, 0.2) is 48.8 Å². The SMILES string of the molecule is CC(N)c1sc(-c2ccncc2)nc1-c1ccccc1N(C)C. The minimum absolute atomic E-state index is 0.0618. The molecule has 118 valence electrons. The molecular weight excluding hydrogens is 304 g/mol. The van der Waals surface area contributed by atoms with Crippen molar-refractivity contribution in [2.45, 2.75) is 13.0 Å². The Bertz CT molecular complexity index is 794. The van der Waals surface area contributed by atoms with E-state index in [1.54, 1.807) is 23.7 Å². The molecule has 0 saturated carbocycles. The van der Waals surface area contributed by atoms with Crippen molar-refractivity contribution >= 4 is 17.0 Å². The van der Waals surface area contributed by atoms with Gasteiger partial charge in [0.05, 0.1) is 5.69 Å². The average molecular weight is 324 g/mol. The molecule has 2 aromatic heterocycles. The van der Waals surface area contributed by atoms with E-state index in [9.17, 15) is 0 Å². The first-order valence-corrected chi connectivity index (χ1v) is 8.33. The molecule has 5 heteroatoms. The summed E-state index contributed by atoms with van der Waals surface area (Å²) in [5.41, 5.74) is 10.5. The van der Waals surface area contributed by atoms with E-state index in [-0.39, 0.29) is 6.04 Å². The summed E-state index contributed by atoms with van der Waals surface area (Å²) in [7, 11) is 4.08. The maximum atomic E-state index is 6.21. The molecule has 1 unspecified atom stereocenters. The Balaban J connectivity index is 2.18. The van der Waals surface area contributed by atoms with Crippen LogP contribution in [0.1, 0.15) is 17.8 Å². The number of hydrogen-bond donors (Lipinski definition) is 1. The summed E-state index contributed by atoms with van der Waals surface area (Å²) in [5.74, 6) is 0. The number of aromatic nitrogens is 2. The van der Waals surface area contributed by atoms with Crippen LogP contribution in [0.4, 0.5) is 5.69 Å². The Kier molecular flexibility index (Phi) is 4.41. The van der Waals surface area contributed by atoms with Gasteiger partial charge in [-0.05, 0) is 25.1 Å². The average Bonchev–Trinajstić information content (AvgIpc) is 3.01. The molecule has 1 atom stereocenters. The summed E-state index contributed by atoms with van der Waals surface area (Å²) in [5, 5.41) is 0.975. The highest BCUT2D eigenvalue weighted by Crippen LogP contribution is 2.39. The Morgan fingerprint density at radius 2 is 1.78 bits per heavy atom. The second kappa shape index (κ2) is 6.48. The Labute approximate surface area is 140 Å². The summed E-state index contributed by atoms with van der Waals surface area (Å²) in [6, 6.07) is 12.2. The number of anilines is 1. The highest BCUT2D eigenvalue weighted by molar-refractivity contribution is 7.15. The quantitative estimate of drug-likeness (QED) is 0.789. The van der Waals surface area contributed by atoms with Crippen molar-refractivity contribution in [2.24, 2.45) is 5.73 Å². The van der Waals surface area contributed by atoms with Gasteiger partial charge >= 0.3 is 0 Å². The van der Waals surface area contributed by atoms with Gasteiger partial charge in [0.25, 0.3) is 0 Å². The molecule has 4 nitrogen and oxygen atoms in total. The van der Waals surface area contributed by atoms with Gasteiger partial charge in [0, 0.05) is 54.2 Å². The molecule has 0 spiro atoms. The van der Waals surface area contributed by atoms with Gasteiger partial charge in [0.2, 0.25) is 0 Å². The van der Waals surface area contributed by atoms with Crippen LogP contribution in [-0.2, 0) is 0 Å². The first-order chi connectivity index (χ1) is 11.1.